The van der Waals surface area contributed by atoms with Crippen LogP contribution in [0, 0.1) is 0 Å². The van der Waals surface area contributed by atoms with Crippen LogP contribution in [0.1, 0.15) is 52.4 Å². The molecule has 0 fully saturated rings. The predicted molar refractivity (Wildman–Crippen MR) is 48.7 cm³/mol. The van der Waals surface area contributed by atoms with Crippen LogP contribution in [0.4, 0.5) is 0 Å². The quantitative estimate of drug-likeness (QED) is 0.410. The summed E-state index contributed by atoms with van der Waals surface area (Å²) in [5.41, 5.74) is 0. The fraction of sp³-hybridized carbons (Fsp3) is 1.00. The van der Waals surface area contributed by atoms with E-state index in [9.17, 15) is 0 Å². The Hall–Kier alpha value is 0.519. The van der Waals surface area contributed by atoms with E-state index in [1.165, 1.54) is 49.2 Å². The zero-order valence-corrected chi connectivity index (χ0v) is 8.90. The molecule has 0 amide bonds. The van der Waals surface area contributed by atoms with Crippen LogP contribution in [0.15, 0.2) is 0 Å². The molecule has 0 aromatic rings. The summed E-state index contributed by atoms with van der Waals surface area (Å²) < 4.78 is 0. The average Bonchev–Trinajstić information content (AvgIpc) is 2.03. The Kier molecular flexibility index (Phi) is 11.0. The molecule has 0 saturated heterocycles. The molecule has 0 aromatic heterocycles. The van der Waals surface area contributed by atoms with Crippen LogP contribution in [0.5, 0.6) is 0 Å². The summed E-state index contributed by atoms with van der Waals surface area (Å²) in [4.78, 5) is 0. The summed E-state index contributed by atoms with van der Waals surface area (Å²) in [6.45, 7) is 4.53. The van der Waals surface area contributed by atoms with Crippen molar-refractivity contribution in [2.24, 2.45) is 0 Å². The van der Waals surface area contributed by atoms with Gasteiger partial charge in [0.15, 0.2) is 0 Å². The van der Waals surface area contributed by atoms with Gasteiger partial charge in [0.2, 0.25) is 0 Å². The van der Waals surface area contributed by atoms with Gasteiger partial charge in [-0.25, -0.2) is 0 Å². The minimum atomic E-state index is 1.36. The molecule has 0 heterocycles. The molecule has 0 atom stereocenters. The van der Waals surface area contributed by atoms with E-state index in [4.69, 9.17) is 0 Å². The second-order valence-corrected chi connectivity index (χ2v) is 4.28. The zero-order valence-electron chi connectivity index (χ0n) is 7.96. The molecular weight excluding hydrogens is 184 g/mol. The van der Waals surface area contributed by atoms with Crippen molar-refractivity contribution < 1.29 is 15.0 Å². The van der Waals surface area contributed by atoms with Crippen molar-refractivity contribution in [1.82, 2.24) is 0 Å². The molecule has 0 saturated carbocycles. The third-order valence-corrected chi connectivity index (χ3v) is 2.97. The summed E-state index contributed by atoms with van der Waals surface area (Å²) in [5.74, 6) is 0. The molecule has 0 aliphatic heterocycles. The van der Waals surface area contributed by atoms with Crippen molar-refractivity contribution in [1.29, 1.82) is 0 Å². The summed E-state index contributed by atoms with van der Waals surface area (Å²) in [6, 6.07) is 0. The van der Waals surface area contributed by atoms with E-state index < -0.39 is 0 Å². The van der Waals surface area contributed by atoms with Gasteiger partial charge >= 0.3 is 78.0 Å². The van der Waals surface area contributed by atoms with E-state index in [2.05, 4.69) is 28.8 Å². The van der Waals surface area contributed by atoms with Crippen molar-refractivity contribution in [2.75, 3.05) is 0 Å². The SMILES string of the molecule is CCCC[CH2][Cu][CH2]CCCC. The van der Waals surface area contributed by atoms with Crippen LogP contribution >= 0.6 is 0 Å². The molecule has 0 nitrogen and oxygen atoms in total. The molecule has 0 radical (unpaired) electrons. The maximum atomic E-state index is 2.26. The third kappa shape index (κ3) is 10.5. The van der Waals surface area contributed by atoms with E-state index >= 15 is 0 Å². The first kappa shape index (κ1) is 11.5. The Morgan fingerprint density at radius 2 is 1.18 bits per heavy atom. The van der Waals surface area contributed by atoms with Gasteiger partial charge in [0.05, 0.1) is 0 Å². The zero-order chi connectivity index (χ0) is 8.36. The van der Waals surface area contributed by atoms with E-state index in [0.717, 1.165) is 0 Å². The van der Waals surface area contributed by atoms with Gasteiger partial charge in [0, 0.05) is 0 Å². The topological polar surface area (TPSA) is 0 Å². The van der Waals surface area contributed by atoms with Crippen LogP contribution in [0.2, 0.25) is 10.6 Å². The number of rotatable bonds is 8. The number of hydrogen-bond donors (Lipinski definition) is 0. The minimum absolute atomic E-state index is 1.36. The van der Waals surface area contributed by atoms with Crippen molar-refractivity contribution >= 4 is 0 Å². The Bertz CT molecular complexity index is 53.9. The van der Waals surface area contributed by atoms with Gasteiger partial charge in [-0.3, -0.25) is 0 Å². The molecule has 0 spiro atoms. The van der Waals surface area contributed by atoms with Gasteiger partial charge in [-0.2, -0.15) is 0 Å². The molecule has 0 N–H and O–H groups in total. The Balaban J connectivity index is 2.69. The molecule has 0 aromatic carbocycles. The van der Waals surface area contributed by atoms with E-state index in [1.807, 2.05) is 0 Å². The van der Waals surface area contributed by atoms with Gasteiger partial charge in [0.1, 0.15) is 0 Å². The molecule has 0 rings (SSSR count). The van der Waals surface area contributed by atoms with Crippen molar-refractivity contribution in [3.05, 3.63) is 0 Å². The molecule has 0 aliphatic carbocycles. The second kappa shape index (κ2) is 10.5. The van der Waals surface area contributed by atoms with Crippen LogP contribution in [0.25, 0.3) is 0 Å². The van der Waals surface area contributed by atoms with Crippen molar-refractivity contribution in [3.8, 4) is 0 Å². The van der Waals surface area contributed by atoms with Gasteiger partial charge in [-0.1, -0.05) is 0 Å². The molecule has 73 valence electrons. The molecule has 0 unspecified atom stereocenters. The Morgan fingerprint density at radius 1 is 0.727 bits per heavy atom. The summed E-state index contributed by atoms with van der Waals surface area (Å²) in [5, 5.41) is 2.75. The normalized spacial score (nSPS) is 10.7. The monoisotopic (exact) mass is 205 g/mol. The molecule has 0 aliphatic rings. The first-order valence-electron chi connectivity index (χ1n) is 4.84. The van der Waals surface area contributed by atoms with E-state index in [-0.39, 0.29) is 0 Å². The maximum absolute atomic E-state index is 2.26. The van der Waals surface area contributed by atoms with Crippen LogP contribution in [-0.4, -0.2) is 0 Å². The predicted octanol–water partition coefficient (Wildman–Crippen LogP) is 4.29. The second-order valence-electron chi connectivity index (χ2n) is 2.87. The fourth-order valence-corrected chi connectivity index (χ4v) is 2.05. The van der Waals surface area contributed by atoms with Gasteiger partial charge in [-0.15, -0.1) is 0 Å². The van der Waals surface area contributed by atoms with Crippen LogP contribution in [-0.2, 0) is 15.0 Å². The first-order chi connectivity index (χ1) is 5.41. The summed E-state index contributed by atoms with van der Waals surface area (Å²) in [7, 11) is 0. The molecule has 0 bridgehead atoms. The van der Waals surface area contributed by atoms with Gasteiger partial charge in [-0.05, 0) is 0 Å². The van der Waals surface area contributed by atoms with E-state index in [1.54, 1.807) is 0 Å². The van der Waals surface area contributed by atoms with Crippen molar-refractivity contribution in [2.45, 2.75) is 63.0 Å². The molecular formula is C10H22Cu. The molecule has 1 heteroatoms. The standard InChI is InChI=1S/2C5H11.Cu/c2*1-3-5-4-2;/h2*1,3-5H2,2H3;. The third-order valence-electron chi connectivity index (χ3n) is 1.63. The summed E-state index contributed by atoms with van der Waals surface area (Å²) in [6.07, 6.45) is 8.38. The molecule has 11 heavy (non-hydrogen) atoms. The van der Waals surface area contributed by atoms with Crippen LogP contribution < -0.4 is 0 Å². The Labute approximate surface area is 78.3 Å². The fourth-order valence-electron chi connectivity index (χ4n) is 0.877. The number of hydrogen-bond acceptors (Lipinski definition) is 0. The first-order valence-corrected chi connectivity index (χ1v) is 6.17. The van der Waals surface area contributed by atoms with Gasteiger partial charge < -0.3 is 0 Å². The van der Waals surface area contributed by atoms with Crippen molar-refractivity contribution in [3.63, 3.8) is 0 Å². The number of unbranched alkanes of at least 4 members (excludes halogenated alkanes) is 4. The van der Waals surface area contributed by atoms with Crippen LogP contribution in [0.3, 0.4) is 0 Å². The van der Waals surface area contributed by atoms with Gasteiger partial charge in [0.25, 0.3) is 0 Å². The Morgan fingerprint density at radius 3 is 1.55 bits per heavy atom. The average molecular weight is 206 g/mol. The van der Waals surface area contributed by atoms with E-state index in [0.29, 0.717) is 0 Å². The summed E-state index contributed by atoms with van der Waals surface area (Å²) >= 11 is 2.22.